The Balaban J connectivity index is 1.41. The lowest BCUT2D eigenvalue weighted by Gasteiger charge is -2.39. The number of ether oxygens (including phenoxy) is 3. The number of aromatic amines is 1. The second-order valence-corrected chi connectivity index (χ2v) is 11.8. The quantitative estimate of drug-likeness (QED) is 0.445. The number of amides is 3. The normalized spacial score (nSPS) is 19.0. The van der Waals surface area contributed by atoms with E-state index in [0.717, 1.165) is 5.56 Å². The van der Waals surface area contributed by atoms with Gasteiger partial charge in [0.25, 0.3) is 11.8 Å². The van der Waals surface area contributed by atoms with E-state index in [1.807, 2.05) is 45.0 Å². The molecule has 4 bridgehead atoms. The molecule has 1 saturated heterocycles. The molecule has 0 saturated carbocycles. The SMILES string of the molecule is CCOc1cc2cc(c1)C(=O)N(C)CC(=O)N[C@H]1CN(C(=O)c3cc(CC(C)C)[nH]c(=O)n3)CC[C@H]1OCc1cccc(c1)O2. The van der Waals surface area contributed by atoms with Crippen LogP contribution in [0.1, 0.15) is 59.3 Å². The van der Waals surface area contributed by atoms with Gasteiger partial charge in [-0.3, -0.25) is 14.4 Å². The van der Waals surface area contributed by atoms with Gasteiger partial charge in [-0.25, -0.2) is 4.79 Å². The van der Waals surface area contributed by atoms with E-state index in [0.29, 0.717) is 54.5 Å². The minimum absolute atomic E-state index is 0.0594. The molecule has 3 heterocycles. The van der Waals surface area contributed by atoms with Gasteiger partial charge in [-0.1, -0.05) is 26.0 Å². The summed E-state index contributed by atoms with van der Waals surface area (Å²) in [6.45, 7) is 6.81. The molecule has 12 nitrogen and oxygen atoms in total. The third kappa shape index (κ3) is 8.07. The summed E-state index contributed by atoms with van der Waals surface area (Å²) in [5, 5.41) is 2.99. The van der Waals surface area contributed by atoms with E-state index < -0.39 is 29.6 Å². The largest absolute Gasteiger partial charge is 0.494 e. The number of nitrogens with zero attached hydrogens (tertiary/aromatic N) is 3. The summed E-state index contributed by atoms with van der Waals surface area (Å²) in [6, 6.07) is 13.4. The smallest absolute Gasteiger partial charge is 0.345 e. The molecule has 3 amide bonds. The van der Waals surface area contributed by atoms with Crippen LogP contribution in [0, 0.1) is 5.92 Å². The van der Waals surface area contributed by atoms with Crippen LogP contribution in [0.25, 0.3) is 0 Å². The molecular weight excluding hydrogens is 578 g/mol. The summed E-state index contributed by atoms with van der Waals surface area (Å²) in [5.41, 5.74) is 1.29. The maximum Gasteiger partial charge on any atom is 0.345 e. The predicted octanol–water partition coefficient (Wildman–Crippen LogP) is 3.16. The van der Waals surface area contributed by atoms with Crippen LogP contribution >= 0.6 is 0 Å². The molecule has 2 N–H and O–H groups in total. The topological polar surface area (TPSA) is 143 Å². The number of hydrogen-bond donors (Lipinski definition) is 2. The molecule has 12 heteroatoms. The molecule has 3 aromatic rings. The second kappa shape index (κ2) is 13.9. The highest BCUT2D eigenvalue weighted by atomic mass is 16.5. The number of carbonyl (C=O) groups excluding carboxylic acids is 3. The molecule has 0 spiro atoms. The van der Waals surface area contributed by atoms with E-state index in [2.05, 4.69) is 15.3 Å². The van der Waals surface area contributed by atoms with E-state index in [1.54, 1.807) is 36.2 Å². The summed E-state index contributed by atoms with van der Waals surface area (Å²) < 4.78 is 18.1. The number of carbonyl (C=O) groups is 3. The third-order valence-corrected chi connectivity index (χ3v) is 7.59. The first-order valence-corrected chi connectivity index (χ1v) is 15.2. The summed E-state index contributed by atoms with van der Waals surface area (Å²) in [4.78, 5) is 62.0. The van der Waals surface area contributed by atoms with Crippen molar-refractivity contribution < 1.29 is 28.6 Å². The van der Waals surface area contributed by atoms with Gasteiger partial charge in [0.05, 0.1) is 31.9 Å². The van der Waals surface area contributed by atoms with Gasteiger partial charge in [-0.2, -0.15) is 4.98 Å². The molecule has 1 fully saturated rings. The van der Waals surface area contributed by atoms with Crippen molar-refractivity contribution in [1.82, 2.24) is 25.1 Å². The fraction of sp³-hybridized carbons (Fsp3) is 0.424. The Morgan fingerprint density at radius 1 is 1.11 bits per heavy atom. The van der Waals surface area contributed by atoms with Crippen LogP contribution in [0.4, 0.5) is 0 Å². The number of benzene rings is 2. The maximum atomic E-state index is 13.5. The summed E-state index contributed by atoms with van der Waals surface area (Å²) >= 11 is 0. The Labute approximate surface area is 261 Å². The first-order valence-electron chi connectivity index (χ1n) is 15.2. The number of fused-ring (bicyclic) bond motifs is 5. The number of rotatable bonds is 5. The molecule has 1 aromatic heterocycles. The molecular formula is C33H39N5O7. The molecule has 2 aliphatic rings. The zero-order valence-electron chi connectivity index (χ0n) is 26.0. The lowest BCUT2D eigenvalue weighted by molar-refractivity contribution is -0.124. The molecule has 0 unspecified atom stereocenters. The number of aromatic nitrogens is 2. The monoisotopic (exact) mass is 617 g/mol. The number of piperidine rings is 1. The van der Waals surface area contributed by atoms with Gasteiger partial charge in [0.1, 0.15) is 22.9 Å². The van der Waals surface area contributed by atoms with Gasteiger partial charge in [0, 0.05) is 37.5 Å². The molecule has 238 valence electrons. The highest BCUT2D eigenvalue weighted by molar-refractivity contribution is 5.97. The van der Waals surface area contributed by atoms with Crippen LogP contribution in [0.5, 0.6) is 17.2 Å². The molecule has 2 aliphatic heterocycles. The molecule has 45 heavy (non-hydrogen) atoms. The lowest BCUT2D eigenvalue weighted by Crippen LogP contribution is -2.58. The van der Waals surface area contributed by atoms with Crippen LogP contribution in [-0.2, 0) is 22.6 Å². The van der Waals surface area contributed by atoms with E-state index in [1.165, 1.54) is 4.90 Å². The first-order chi connectivity index (χ1) is 21.6. The van der Waals surface area contributed by atoms with Crippen LogP contribution in [0.3, 0.4) is 0 Å². The minimum atomic E-state index is -0.578. The van der Waals surface area contributed by atoms with Crippen molar-refractivity contribution in [2.45, 2.75) is 52.4 Å². The fourth-order valence-corrected chi connectivity index (χ4v) is 5.58. The van der Waals surface area contributed by atoms with Gasteiger partial charge in [-0.05, 0) is 61.6 Å². The van der Waals surface area contributed by atoms with E-state index in [-0.39, 0.29) is 37.2 Å². The standard InChI is InChI=1S/C33H39N5O7/c1-5-43-25-13-22-14-26(16-25)45-24-8-6-7-21(12-24)19-44-29-9-10-38(17-28(29)35-30(39)18-37(4)31(22)40)32(41)27-15-23(11-20(2)3)34-33(42)36-27/h6-8,12-16,20,28-29H,5,9-11,17-19H2,1-4H3,(H,35,39)(H,34,36,42)/t28-,29+/m0/s1. The van der Waals surface area contributed by atoms with Crippen molar-refractivity contribution in [3.63, 3.8) is 0 Å². The Bertz CT molecular complexity index is 1620. The van der Waals surface area contributed by atoms with Crippen molar-refractivity contribution in [1.29, 1.82) is 0 Å². The van der Waals surface area contributed by atoms with Crippen molar-refractivity contribution in [2.24, 2.45) is 5.92 Å². The minimum Gasteiger partial charge on any atom is -0.494 e. The Morgan fingerprint density at radius 3 is 2.71 bits per heavy atom. The molecule has 0 radical (unpaired) electrons. The van der Waals surface area contributed by atoms with Gasteiger partial charge in [-0.15, -0.1) is 0 Å². The van der Waals surface area contributed by atoms with Gasteiger partial charge in [0.2, 0.25) is 5.91 Å². The summed E-state index contributed by atoms with van der Waals surface area (Å²) in [5.74, 6) is 0.556. The highest BCUT2D eigenvalue weighted by Crippen LogP contribution is 2.29. The first kappa shape index (κ1) is 31.7. The Morgan fingerprint density at radius 2 is 1.93 bits per heavy atom. The molecule has 2 atom stereocenters. The van der Waals surface area contributed by atoms with E-state index in [9.17, 15) is 19.2 Å². The number of hydrogen-bond acceptors (Lipinski definition) is 8. The zero-order chi connectivity index (χ0) is 32.1. The van der Waals surface area contributed by atoms with E-state index in [4.69, 9.17) is 14.2 Å². The van der Waals surface area contributed by atoms with Gasteiger partial charge in [0.15, 0.2) is 0 Å². The number of H-pyrrole nitrogens is 1. The van der Waals surface area contributed by atoms with Gasteiger partial charge >= 0.3 is 5.69 Å². The van der Waals surface area contributed by atoms with Crippen LogP contribution in [0.15, 0.2) is 53.3 Å². The maximum absolute atomic E-state index is 13.5. The van der Waals surface area contributed by atoms with E-state index >= 15 is 0 Å². The third-order valence-electron chi connectivity index (χ3n) is 7.59. The predicted molar refractivity (Wildman–Crippen MR) is 166 cm³/mol. The Kier molecular flexibility index (Phi) is 9.82. The fourth-order valence-electron chi connectivity index (χ4n) is 5.58. The molecule has 0 aliphatic carbocycles. The summed E-state index contributed by atoms with van der Waals surface area (Å²) in [7, 11) is 1.54. The van der Waals surface area contributed by atoms with Crippen molar-refractivity contribution >= 4 is 17.7 Å². The van der Waals surface area contributed by atoms with Crippen molar-refractivity contribution in [3.8, 4) is 17.2 Å². The average molecular weight is 618 g/mol. The molecule has 2 aromatic carbocycles. The lowest BCUT2D eigenvalue weighted by atomic mass is 10.0. The summed E-state index contributed by atoms with van der Waals surface area (Å²) in [6.07, 6.45) is 0.623. The van der Waals surface area contributed by atoms with Crippen molar-refractivity contribution in [3.05, 3.63) is 81.5 Å². The van der Waals surface area contributed by atoms with Crippen LogP contribution in [0.2, 0.25) is 0 Å². The highest BCUT2D eigenvalue weighted by Gasteiger charge is 2.35. The second-order valence-electron chi connectivity index (χ2n) is 11.8. The average Bonchev–Trinajstić information content (AvgIpc) is 2.98. The van der Waals surface area contributed by atoms with Crippen molar-refractivity contribution in [2.75, 3.05) is 33.3 Å². The molecule has 5 rings (SSSR count). The van der Waals surface area contributed by atoms with Crippen LogP contribution in [-0.4, -0.2) is 82.9 Å². The number of nitrogens with one attached hydrogen (secondary N) is 2. The number of likely N-dealkylation sites (N-methyl/N-ethyl adjacent to an activating group) is 1. The number of likely N-dealkylation sites (tertiary alicyclic amines) is 1. The zero-order valence-corrected chi connectivity index (χ0v) is 26.0. The van der Waals surface area contributed by atoms with Gasteiger partial charge < -0.3 is 34.3 Å². The Hall–Kier alpha value is -4.71. The van der Waals surface area contributed by atoms with Crippen LogP contribution < -0.4 is 20.5 Å².